The average Bonchev–Trinajstić information content (AvgIpc) is 2.64. The molecule has 2 aromatic rings. The van der Waals surface area contributed by atoms with Crippen molar-refractivity contribution >= 4 is 15.9 Å². The highest BCUT2D eigenvalue weighted by molar-refractivity contribution is 7.89. The second-order valence-electron chi connectivity index (χ2n) is 7.38. The predicted molar refractivity (Wildman–Crippen MR) is 109 cm³/mol. The summed E-state index contributed by atoms with van der Waals surface area (Å²) in [5, 5.41) is 0. The van der Waals surface area contributed by atoms with Crippen molar-refractivity contribution in [1.82, 2.24) is 4.31 Å². The van der Waals surface area contributed by atoms with Crippen molar-refractivity contribution in [1.29, 1.82) is 0 Å². The molecule has 0 aliphatic carbocycles. The third kappa shape index (κ3) is 5.55. The lowest BCUT2D eigenvalue weighted by Gasteiger charge is -2.30. The summed E-state index contributed by atoms with van der Waals surface area (Å²) in [6, 6.07) is 9.45. The smallest absolute Gasteiger partial charge is 0.244 e. The van der Waals surface area contributed by atoms with Crippen LogP contribution < -0.4 is 10.5 Å². The van der Waals surface area contributed by atoms with E-state index in [1.54, 1.807) is 18.2 Å². The zero-order valence-electron chi connectivity index (χ0n) is 17.1. The maximum absolute atomic E-state index is 14.1. The van der Waals surface area contributed by atoms with Crippen molar-refractivity contribution in [3.63, 3.8) is 0 Å². The van der Waals surface area contributed by atoms with Gasteiger partial charge in [0.2, 0.25) is 15.9 Å². The molecule has 2 rings (SSSR count). The third-order valence-corrected chi connectivity index (χ3v) is 6.42. The van der Waals surface area contributed by atoms with E-state index in [-0.39, 0.29) is 29.5 Å². The van der Waals surface area contributed by atoms with Crippen LogP contribution in [0.1, 0.15) is 31.4 Å². The number of primary amides is 1. The van der Waals surface area contributed by atoms with Crippen LogP contribution in [0.4, 0.5) is 4.39 Å². The van der Waals surface area contributed by atoms with Crippen LogP contribution in [0.5, 0.6) is 5.75 Å². The first-order valence-electron chi connectivity index (χ1n) is 9.26. The van der Waals surface area contributed by atoms with E-state index in [1.165, 1.54) is 31.4 Å². The van der Waals surface area contributed by atoms with Crippen LogP contribution >= 0.6 is 0 Å². The number of benzene rings is 2. The maximum atomic E-state index is 14.1. The first kappa shape index (κ1) is 22.8. The minimum Gasteiger partial charge on any atom is -0.494 e. The molecule has 29 heavy (non-hydrogen) atoms. The molecule has 2 N–H and O–H groups in total. The molecule has 0 saturated carbocycles. The molecular weight excluding hydrogens is 395 g/mol. The Morgan fingerprint density at radius 2 is 1.79 bits per heavy atom. The summed E-state index contributed by atoms with van der Waals surface area (Å²) >= 11 is 0. The summed E-state index contributed by atoms with van der Waals surface area (Å²) in [6.45, 7) is 5.40. The van der Waals surface area contributed by atoms with Gasteiger partial charge in [0.05, 0.1) is 12.0 Å². The number of nitrogens with zero attached hydrogens (tertiary/aromatic N) is 1. The molecule has 1 amide bonds. The fourth-order valence-electron chi connectivity index (χ4n) is 3.02. The van der Waals surface area contributed by atoms with Gasteiger partial charge in [0.15, 0.2) is 11.6 Å². The zero-order chi connectivity index (χ0) is 21.8. The molecule has 0 heterocycles. The number of sulfonamides is 1. The molecule has 0 saturated heterocycles. The second kappa shape index (κ2) is 9.37. The van der Waals surface area contributed by atoms with Gasteiger partial charge in [0, 0.05) is 6.54 Å². The van der Waals surface area contributed by atoms with Crippen molar-refractivity contribution < 1.29 is 22.3 Å². The number of carbonyl (C=O) groups is 1. The van der Waals surface area contributed by atoms with E-state index >= 15 is 0 Å². The molecule has 0 aliphatic heterocycles. The number of hydrogen-bond donors (Lipinski definition) is 1. The fraction of sp³-hybridized carbons (Fsp3) is 0.381. The van der Waals surface area contributed by atoms with Crippen LogP contribution in [0.25, 0.3) is 0 Å². The molecular formula is C21H27FN2O4S. The van der Waals surface area contributed by atoms with Crippen molar-refractivity contribution in [3.8, 4) is 5.75 Å². The Labute approximate surface area is 171 Å². The van der Waals surface area contributed by atoms with E-state index in [0.717, 1.165) is 9.87 Å². The third-order valence-electron chi connectivity index (χ3n) is 4.55. The van der Waals surface area contributed by atoms with E-state index < -0.39 is 27.8 Å². The summed E-state index contributed by atoms with van der Waals surface area (Å²) < 4.78 is 46.9. The summed E-state index contributed by atoms with van der Waals surface area (Å²) in [4.78, 5) is 12.2. The lowest BCUT2D eigenvalue weighted by Crippen LogP contribution is -2.48. The highest BCUT2D eigenvalue weighted by atomic mass is 32.2. The molecule has 0 unspecified atom stereocenters. The topological polar surface area (TPSA) is 89.7 Å². The van der Waals surface area contributed by atoms with Gasteiger partial charge in [-0.05, 0) is 49.1 Å². The quantitative estimate of drug-likeness (QED) is 0.672. The number of rotatable bonds is 9. The first-order valence-corrected chi connectivity index (χ1v) is 10.7. The minimum atomic E-state index is -4.06. The molecule has 0 aliphatic rings. The Hall–Kier alpha value is -2.45. The lowest BCUT2D eigenvalue weighted by atomic mass is 10.0. The van der Waals surface area contributed by atoms with E-state index in [9.17, 15) is 17.6 Å². The average molecular weight is 423 g/mol. The van der Waals surface area contributed by atoms with Gasteiger partial charge in [0.25, 0.3) is 0 Å². The van der Waals surface area contributed by atoms with Crippen LogP contribution in [0, 0.1) is 18.7 Å². The Balaban J connectivity index is 2.53. The molecule has 6 nitrogen and oxygen atoms in total. The molecule has 0 aromatic heterocycles. The molecule has 158 valence electrons. The molecule has 1 atom stereocenters. The summed E-state index contributed by atoms with van der Waals surface area (Å²) in [5.41, 5.74) is 6.86. The van der Waals surface area contributed by atoms with Gasteiger partial charge in [0.1, 0.15) is 6.04 Å². The normalized spacial score (nSPS) is 12.9. The van der Waals surface area contributed by atoms with Gasteiger partial charge in [-0.3, -0.25) is 4.79 Å². The number of halogens is 1. The van der Waals surface area contributed by atoms with E-state index in [0.29, 0.717) is 5.56 Å². The lowest BCUT2D eigenvalue weighted by molar-refractivity contribution is -0.122. The highest BCUT2D eigenvalue weighted by Gasteiger charge is 2.35. The van der Waals surface area contributed by atoms with Crippen LogP contribution in [0.2, 0.25) is 0 Å². The number of carbonyl (C=O) groups excluding carboxylic acids is 1. The number of methoxy groups -OCH3 is 1. The standard InChI is InChI=1S/C21H27FN2O4S/c1-14(2)11-19(21(23)25)24(13-16-7-10-20(28-4)18(22)12-16)29(26,27)17-8-5-15(3)6-9-17/h5-10,12,14,19H,11,13H2,1-4H3,(H2,23,25)/t19-/m1/s1. The molecule has 8 heteroatoms. The maximum Gasteiger partial charge on any atom is 0.244 e. The fourth-order valence-corrected chi connectivity index (χ4v) is 4.61. The summed E-state index contributed by atoms with van der Waals surface area (Å²) in [6.07, 6.45) is 0.249. The van der Waals surface area contributed by atoms with Gasteiger partial charge in [-0.1, -0.05) is 37.6 Å². The number of amides is 1. The first-order chi connectivity index (χ1) is 13.6. The Kier molecular flexibility index (Phi) is 7.37. The van der Waals surface area contributed by atoms with Gasteiger partial charge >= 0.3 is 0 Å². The zero-order valence-corrected chi connectivity index (χ0v) is 17.9. The Bertz CT molecular complexity index is 959. The Morgan fingerprint density at radius 3 is 2.28 bits per heavy atom. The van der Waals surface area contributed by atoms with Gasteiger partial charge in [-0.2, -0.15) is 4.31 Å². The van der Waals surface area contributed by atoms with Crippen molar-refractivity contribution in [3.05, 3.63) is 59.4 Å². The van der Waals surface area contributed by atoms with Crippen LogP contribution in [0.3, 0.4) is 0 Å². The van der Waals surface area contributed by atoms with Crippen molar-refractivity contribution in [2.24, 2.45) is 11.7 Å². The largest absolute Gasteiger partial charge is 0.494 e. The molecule has 0 spiro atoms. The van der Waals surface area contributed by atoms with E-state index in [1.807, 2.05) is 20.8 Å². The van der Waals surface area contributed by atoms with Gasteiger partial charge in [-0.15, -0.1) is 0 Å². The van der Waals surface area contributed by atoms with Crippen LogP contribution in [0.15, 0.2) is 47.4 Å². The number of nitrogens with two attached hydrogens (primary N) is 1. The monoisotopic (exact) mass is 422 g/mol. The van der Waals surface area contributed by atoms with Crippen molar-refractivity contribution in [2.45, 2.75) is 44.7 Å². The molecule has 0 radical (unpaired) electrons. The molecule has 0 fully saturated rings. The summed E-state index contributed by atoms with van der Waals surface area (Å²) in [5.74, 6) is -1.29. The minimum absolute atomic E-state index is 0.0239. The SMILES string of the molecule is COc1ccc(CN([C@H](CC(C)C)C(N)=O)S(=O)(=O)c2ccc(C)cc2)cc1F. The number of ether oxygens (including phenoxy) is 1. The molecule has 2 aromatic carbocycles. The molecule has 0 bridgehead atoms. The highest BCUT2D eigenvalue weighted by Crippen LogP contribution is 2.26. The number of aryl methyl sites for hydroxylation is 1. The van der Waals surface area contributed by atoms with Crippen LogP contribution in [-0.4, -0.2) is 31.8 Å². The second-order valence-corrected chi connectivity index (χ2v) is 9.27. The predicted octanol–water partition coefficient (Wildman–Crippen LogP) is 3.23. The van der Waals surface area contributed by atoms with Gasteiger partial charge in [-0.25, -0.2) is 12.8 Å². The number of hydrogen-bond acceptors (Lipinski definition) is 4. The summed E-state index contributed by atoms with van der Waals surface area (Å²) in [7, 11) is -2.71. The Morgan fingerprint density at radius 1 is 1.17 bits per heavy atom. The van der Waals surface area contributed by atoms with Crippen LogP contribution in [-0.2, 0) is 21.4 Å². The van der Waals surface area contributed by atoms with E-state index in [2.05, 4.69) is 0 Å². The van der Waals surface area contributed by atoms with Gasteiger partial charge < -0.3 is 10.5 Å². The van der Waals surface area contributed by atoms with E-state index in [4.69, 9.17) is 10.5 Å². The van der Waals surface area contributed by atoms with Crippen molar-refractivity contribution in [2.75, 3.05) is 7.11 Å².